The summed E-state index contributed by atoms with van der Waals surface area (Å²) >= 11 is 0. The fourth-order valence-electron chi connectivity index (χ4n) is 7.91. The van der Waals surface area contributed by atoms with Crippen molar-refractivity contribution in [3.8, 4) is 0 Å². The lowest BCUT2D eigenvalue weighted by Crippen LogP contribution is -2.65. The van der Waals surface area contributed by atoms with Gasteiger partial charge in [-0.3, -0.25) is 14.6 Å². The summed E-state index contributed by atoms with van der Waals surface area (Å²) in [7, 11) is -2.41. The van der Waals surface area contributed by atoms with Crippen molar-refractivity contribution in [1.29, 1.82) is 0 Å². The molecule has 3 amide bonds. The Kier molecular flexibility index (Phi) is 10.3. The quantitative estimate of drug-likeness (QED) is 0.115. The highest BCUT2D eigenvalue weighted by Gasteiger charge is 2.68. The molecule has 0 aromatic carbocycles. The number of likely N-dealkylation sites (tertiary alicyclic amines) is 1. The molecule has 254 valence electrons. The van der Waals surface area contributed by atoms with Gasteiger partial charge in [0.05, 0.1) is 17.6 Å². The van der Waals surface area contributed by atoms with Gasteiger partial charge in [-0.2, -0.15) is 0 Å². The summed E-state index contributed by atoms with van der Waals surface area (Å²) in [4.78, 5) is 46.4. The number of carbonyl (C=O) groups is 3. The van der Waals surface area contributed by atoms with Crippen LogP contribution in [0.15, 0.2) is 4.99 Å². The Morgan fingerprint density at radius 3 is 2.42 bits per heavy atom. The van der Waals surface area contributed by atoms with E-state index in [0.717, 1.165) is 12.8 Å². The van der Waals surface area contributed by atoms with Crippen molar-refractivity contribution < 1.29 is 28.4 Å². The number of rotatable bonds is 11. The summed E-state index contributed by atoms with van der Waals surface area (Å²) in [5.41, 5.74) is 10.2. The first-order valence-corrected chi connectivity index (χ1v) is 20.4. The van der Waals surface area contributed by atoms with Crippen LogP contribution in [-0.4, -0.2) is 92.4 Å². The van der Waals surface area contributed by atoms with Crippen LogP contribution in [0.4, 0.5) is 4.79 Å². The first-order valence-electron chi connectivity index (χ1n) is 16.7. The molecule has 2 saturated heterocycles. The van der Waals surface area contributed by atoms with Gasteiger partial charge >= 0.3 is 13.2 Å². The minimum absolute atomic E-state index is 0.0254. The van der Waals surface area contributed by atoms with Crippen LogP contribution in [0.2, 0.25) is 25.7 Å². The van der Waals surface area contributed by atoms with Gasteiger partial charge in [0, 0.05) is 21.2 Å². The average Bonchev–Trinajstić information content (AvgIpc) is 3.51. The third kappa shape index (κ3) is 8.16. The van der Waals surface area contributed by atoms with Crippen LogP contribution in [0.1, 0.15) is 80.1 Å². The van der Waals surface area contributed by atoms with E-state index in [1.807, 2.05) is 0 Å². The summed E-state index contributed by atoms with van der Waals surface area (Å²) in [5.74, 6) is 0.0876. The number of guanidine groups is 1. The van der Waals surface area contributed by atoms with Gasteiger partial charge in [0.2, 0.25) is 11.8 Å². The van der Waals surface area contributed by atoms with Crippen LogP contribution >= 0.6 is 0 Å². The van der Waals surface area contributed by atoms with Crippen molar-refractivity contribution in [1.82, 2.24) is 15.5 Å². The van der Waals surface area contributed by atoms with Crippen molar-refractivity contribution in [2.45, 2.75) is 141 Å². The van der Waals surface area contributed by atoms with E-state index in [-0.39, 0.29) is 29.3 Å². The molecule has 7 atom stereocenters. The summed E-state index contributed by atoms with van der Waals surface area (Å²) in [6.07, 6.45) is 3.82. The molecule has 5 fully saturated rings. The second-order valence-electron chi connectivity index (χ2n) is 16.6. The Labute approximate surface area is 270 Å². The highest BCUT2D eigenvalue weighted by molar-refractivity contribution is 6.76. The van der Waals surface area contributed by atoms with Crippen molar-refractivity contribution >= 4 is 39.1 Å². The molecule has 2 heterocycles. The normalized spacial score (nSPS) is 30.1. The summed E-state index contributed by atoms with van der Waals surface area (Å²) in [5, 5.41) is 6.03. The minimum Gasteiger partial charge on any atom is -0.444 e. The summed E-state index contributed by atoms with van der Waals surface area (Å²) < 4.78 is 18.8. The second kappa shape index (κ2) is 13.1. The molecule has 0 aromatic heterocycles. The molecule has 6 N–H and O–H groups in total. The van der Waals surface area contributed by atoms with Gasteiger partial charge in [0.15, 0.2) is 5.96 Å². The molecule has 0 unspecified atom stereocenters. The van der Waals surface area contributed by atoms with Gasteiger partial charge in [-0.25, -0.2) is 4.79 Å². The van der Waals surface area contributed by atoms with E-state index >= 15 is 0 Å². The van der Waals surface area contributed by atoms with E-state index in [0.29, 0.717) is 56.7 Å². The average molecular weight is 649 g/mol. The predicted octanol–water partition coefficient (Wildman–Crippen LogP) is 3.01. The van der Waals surface area contributed by atoms with Crippen LogP contribution in [0.25, 0.3) is 0 Å². The molecule has 2 bridgehead atoms. The standard InChI is InChI=1S/C31H57BN6O6Si/c1-29(2,3)42-28(41)36-20(18-45(7,8)9)26(40)38-15-11-12-21(38)25(39)37-24(13-10-14-35-27(33)34)32-43-23-17-19-16-22(30(19,4)5)31(23,6)44-32/h19-24H,10-18H2,1-9H3,(H,36,41)(H,37,39)(H4,33,34,35)/t19-,20-,21-,22-,23+,24-,31-/m0/s1. The maximum atomic E-state index is 14.0. The summed E-state index contributed by atoms with van der Waals surface area (Å²) in [6, 6.07) is -0.894. The third-order valence-electron chi connectivity index (χ3n) is 10.2. The number of alkyl carbamates (subject to hydrolysis) is 1. The number of nitrogens with two attached hydrogens (primary N) is 2. The number of aliphatic imine (C=N–C) groups is 1. The van der Waals surface area contributed by atoms with Gasteiger partial charge in [0.25, 0.3) is 0 Å². The van der Waals surface area contributed by atoms with Gasteiger partial charge in [-0.15, -0.1) is 0 Å². The summed E-state index contributed by atoms with van der Waals surface area (Å²) in [6.45, 7) is 19.5. The lowest BCUT2D eigenvalue weighted by Gasteiger charge is -2.64. The van der Waals surface area contributed by atoms with Crippen LogP contribution in [0, 0.1) is 17.3 Å². The fraction of sp³-hybridized carbons (Fsp3) is 0.871. The highest BCUT2D eigenvalue weighted by atomic mass is 28.3. The molecule has 14 heteroatoms. The number of amides is 3. The molecular formula is C31H57BN6O6Si. The van der Waals surface area contributed by atoms with Crippen molar-refractivity contribution in [3.05, 3.63) is 0 Å². The van der Waals surface area contributed by atoms with Gasteiger partial charge in [-0.1, -0.05) is 33.5 Å². The number of hydrogen-bond acceptors (Lipinski definition) is 7. The Bertz CT molecular complexity index is 1150. The Hall–Kier alpha value is -2.32. The van der Waals surface area contributed by atoms with E-state index < -0.39 is 50.5 Å². The molecular weight excluding hydrogens is 591 g/mol. The zero-order chi connectivity index (χ0) is 33.5. The number of carbonyl (C=O) groups excluding carboxylic acids is 3. The Morgan fingerprint density at radius 1 is 1.13 bits per heavy atom. The molecule has 0 aromatic rings. The van der Waals surface area contributed by atoms with E-state index in [9.17, 15) is 14.4 Å². The molecule has 5 rings (SSSR count). The largest absolute Gasteiger partial charge is 0.481 e. The smallest absolute Gasteiger partial charge is 0.444 e. The highest BCUT2D eigenvalue weighted by Crippen LogP contribution is 2.65. The number of ether oxygens (including phenoxy) is 1. The SMILES string of the molecule is CC(C)(C)OC(=O)N[C@@H](C[Si](C)(C)C)C(=O)N1CCC[C@H]1C(=O)N[C@@H](CCCN=C(N)N)B1O[C@@H]2C[C@@H]3C[C@@H](C3(C)C)[C@]2(C)O1. The van der Waals surface area contributed by atoms with Crippen LogP contribution in [-0.2, 0) is 23.6 Å². The maximum Gasteiger partial charge on any atom is 0.481 e. The topological polar surface area (TPSA) is 171 Å². The fourth-order valence-corrected chi connectivity index (χ4v) is 9.41. The van der Waals surface area contributed by atoms with E-state index in [1.165, 1.54) is 0 Å². The van der Waals surface area contributed by atoms with Gasteiger partial charge < -0.3 is 41.0 Å². The number of nitrogens with zero attached hydrogens (tertiary/aromatic N) is 2. The predicted molar refractivity (Wildman–Crippen MR) is 178 cm³/mol. The van der Waals surface area contributed by atoms with Crippen LogP contribution in [0.5, 0.6) is 0 Å². The number of hydrogen-bond donors (Lipinski definition) is 4. The first-order chi connectivity index (χ1) is 20.7. The van der Waals surface area contributed by atoms with Crippen molar-refractivity contribution in [2.75, 3.05) is 13.1 Å². The monoisotopic (exact) mass is 648 g/mol. The van der Waals surface area contributed by atoms with Crippen molar-refractivity contribution in [2.24, 2.45) is 33.7 Å². The van der Waals surface area contributed by atoms with E-state index in [1.54, 1.807) is 25.7 Å². The Balaban J connectivity index is 1.49. The van der Waals surface area contributed by atoms with Crippen LogP contribution in [0.3, 0.4) is 0 Å². The zero-order valence-electron chi connectivity index (χ0n) is 28.9. The molecule has 0 spiro atoms. The third-order valence-corrected chi connectivity index (χ3v) is 11.9. The molecule has 45 heavy (non-hydrogen) atoms. The van der Waals surface area contributed by atoms with E-state index in [2.05, 4.69) is 56.0 Å². The molecule has 3 aliphatic carbocycles. The lowest BCUT2D eigenvalue weighted by molar-refractivity contribution is -0.199. The lowest BCUT2D eigenvalue weighted by atomic mass is 9.43. The minimum atomic E-state index is -1.79. The zero-order valence-corrected chi connectivity index (χ0v) is 29.9. The molecule has 0 radical (unpaired) electrons. The second-order valence-corrected chi connectivity index (χ2v) is 22.1. The van der Waals surface area contributed by atoms with Crippen molar-refractivity contribution in [3.63, 3.8) is 0 Å². The van der Waals surface area contributed by atoms with Gasteiger partial charge in [0.1, 0.15) is 17.7 Å². The molecule has 5 aliphatic rings. The maximum absolute atomic E-state index is 14.0. The van der Waals surface area contributed by atoms with Gasteiger partial charge in [-0.05, 0) is 89.5 Å². The molecule has 3 saturated carbocycles. The molecule has 2 aliphatic heterocycles. The molecule has 12 nitrogen and oxygen atoms in total. The number of nitrogens with one attached hydrogen (secondary N) is 2. The van der Waals surface area contributed by atoms with E-state index in [4.69, 9.17) is 25.5 Å². The van der Waals surface area contributed by atoms with Crippen LogP contribution < -0.4 is 22.1 Å². The first kappa shape index (κ1) is 35.5. The Morgan fingerprint density at radius 2 is 1.82 bits per heavy atom.